The molecule has 0 amide bonds. The molecule has 4 aromatic carbocycles. The van der Waals surface area contributed by atoms with Crippen LogP contribution in [0.2, 0.25) is 10.0 Å². The van der Waals surface area contributed by atoms with E-state index in [0.29, 0.717) is 10.0 Å². The van der Waals surface area contributed by atoms with Crippen LogP contribution in [0.5, 0.6) is 0 Å². The molecule has 4 heterocycles. The number of rotatable bonds is 9. The van der Waals surface area contributed by atoms with Gasteiger partial charge < -0.3 is 9.80 Å². The van der Waals surface area contributed by atoms with Crippen molar-refractivity contribution in [2.45, 2.75) is 33.7 Å². The van der Waals surface area contributed by atoms with Crippen LogP contribution in [-0.2, 0) is 13.0 Å². The molecule has 0 spiro atoms. The SMILES string of the molecule is Cc1ccc(-c2nsc(N3CCN(CCc4ccc(Cl)c(Cl)c4)CC3)n2)cc1.Cc1ccc(-c2nsc(N3CCN(Cc4ccccc4C)CC3)n2)cc1. The summed E-state index contributed by atoms with van der Waals surface area (Å²) in [6.45, 7) is 16.6. The van der Waals surface area contributed by atoms with Gasteiger partial charge in [-0.05, 0) is 56.0 Å². The van der Waals surface area contributed by atoms with Crippen molar-refractivity contribution >= 4 is 56.5 Å². The van der Waals surface area contributed by atoms with E-state index in [-0.39, 0.29) is 0 Å². The van der Waals surface area contributed by atoms with Gasteiger partial charge in [-0.3, -0.25) is 9.80 Å². The summed E-state index contributed by atoms with van der Waals surface area (Å²) < 4.78 is 9.12. The highest BCUT2D eigenvalue weighted by Gasteiger charge is 2.22. The highest BCUT2D eigenvalue weighted by atomic mass is 35.5. The standard InChI is InChI=1S/C21H22Cl2N4S.C21H24N4S/c1-15-2-5-17(6-3-15)20-24-21(28-25-20)27-12-10-26(11-13-27)9-8-16-4-7-18(22)19(23)14-16;1-16-7-9-18(10-8-16)20-22-21(26-23-20)25-13-11-24(12-14-25)15-19-6-4-3-5-17(19)2/h2-7,14H,8-13H2,1H3;3-10H,11-15H2,1-2H3. The minimum atomic E-state index is 0.612. The topological polar surface area (TPSA) is 64.5 Å². The number of aryl methyl sites for hydroxylation is 3. The summed E-state index contributed by atoms with van der Waals surface area (Å²) in [6.07, 6.45) is 0.979. The number of piperazine rings is 2. The fourth-order valence-electron chi connectivity index (χ4n) is 6.60. The third-order valence-corrected chi connectivity index (χ3v) is 12.4. The van der Waals surface area contributed by atoms with Gasteiger partial charge in [0.05, 0.1) is 10.0 Å². The Balaban J connectivity index is 0.000000167. The molecule has 0 aliphatic carbocycles. The second-order valence-corrected chi connectivity index (χ2v) is 16.3. The Hall–Kier alpha value is -3.90. The summed E-state index contributed by atoms with van der Waals surface area (Å²) in [4.78, 5) is 19.2. The molecule has 2 fully saturated rings. The van der Waals surface area contributed by atoms with Crippen molar-refractivity contribution < 1.29 is 0 Å². The van der Waals surface area contributed by atoms with Gasteiger partial charge in [0.25, 0.3) is 0 Å². The van der Waals surface area contributed by atoms with Crippen molar-refractivity contribution in [3.8, 4) is 22.8 Å². The molecule has 2 aromatic heterocycles. The quantitative estimate of drug-likeness (QED) is 0.144. The van der Waals surface area contributed by atoms with Crippen LogP contribution in [0.3, 0.4) is 0 Å². The van der Waals surface area contributed by atoms with Crippen molar-refractivity contribution in [1.29, 1.82) is 0 Å². The molecule has 8 nitrogen and oxygen atoms in total. The van der Waals surface area contributed by atoms with E-state index < -0.39 is 0 Å². The first kappa shape index (κ1) is 38.4. The van der Waals surface area contributed by atoms with E-state index in [1.807, 2.05) is 12.1 Å². The number of aromatic nitrogens is 4. The third-order valence-electron chi connectivity index (χ3n) is 10.1. The molecule has 0 bridgehead atoms. The normalized spacial score (nSPS) is 15.3. The summed E-state index contributed by atoms with van der Waals surface area (Å²) in [7, 11) is 0. The van der Waals surface area contributed by atoms with Gasteiger partial charge in [0.2, 0.25) is 10.3 Å². The van der Waals surface area contributed by atoms with Crippen LogP contribution in [0.4, 0.5) is 10.3 Å². The van der Waals surface area contributed by atoms with Crippen LogP contribution >= 0.6 is 46.3 Å². The molecule has 0 saturated carbocycles. The van der Waals surface area contributed by atoms with Crippen molar-refractivity contribution in [1.82, 2.24) is 28.5 Å². The lowest BCUT2D eigenvalue weighted by Crippen LogP contribution is -2.47. The predicted molar refractivity (Wildman–Crippen MR) is 228 cm³/mol. The molecular weight excluding hydrogens is 752 g/mol. The van der Waals surface area contributed by atoms with Crippen molar-refractivity contribution in [2.75, 3.05) is 68.7 Å². The van der Waals surface area contributed by atoms with E-state index in [1.165, 1.54) is 50.9 Å². The first-order valence-corrected chi connectivity index (χ1v) is 20.8. The molecule has 0 radical (unpaired) electrons. The smallest absolute Gasteiger partial charge is 0.205 e. The van der Waals surface area contributed by atoms with E-state index in [0.717, 1.165) is 105 Å². The number of hydrogen-bond acceptors (Lipinski definition) is 10. The monoisotopic (exact) mass is 796 g/mol. The molecule has 12 heteroatoms. The molecule has 2 saturated heterocycles. The predicted octanol–water partition coefficient (Wildman–Crippen LogP) is 9.33. The number of benzene rings is 4. The maximum absolute atomic E-state index is 6.11. The van der Waals surface area contributed by atoms with Crippen LogP contribution in [0.25, 0.3) is 22.8 Å². The Morgan fingerprint density at radius 3 is 1.61 bits per heavy atom. The van der Waals surface area contributed by atoms with Gasteiger partial charge in [-0.2, -0.15) is 18.7 Å². The van der Waals surface area contributed by atoms with E-state index in [9.17, 15) is 0 Å². The number of nitrogens with zero attached hydrogens (tertiary/aromatic N) is 8. The van der Waals surface area contributed by atoms with Crippen LogP contribution in [0, 0.1) is 20.8 Å². The summed E-state index contributed by atoms with van der Waals surface area (Å²) >= 11 is 15.1. The van der Waals surface area contributed by atoms with Crippen LogP contribution in [0.1, 0.15) is 27.8 Å². The van der Waals surface area contributed by atoms with E-state index in [1.54, 1.807) is 0 Å². The van der Waals surface area contributed by atoms with Crippen LogP contribution in [-0.4, -0.2) is 87.4 Å². The zero-order chi connectivity index (χ0) is 37.4. The van der Waals surface area contributed by atoms with Crippen LogP contribution in [0.15, 0.2) is 91.0 Å². The molecule has 0 atom stereocenters. The lowest BCUT2D eigenvalue weighted by molar-refractivity contribution is 0.249. The molecule has 54 heavy (non-hydrogen) atoms. The second kappa shape index (κ2) is 18.2. The Bertz CT molecular complexity index is 2100. The Morgan fingerprint density at radius 1 is 0.574 bits per heavy atom. The summed E-state index contributed by atoms with van der Waals surface area (Å²) in [5.74, 6) is 1.66. The highest BCUT2D eigenvalue weighted by molar-refractivity contribution is 7.10. The summed E-state index contributed by atoms with van der Waals surface area (Å²) in [5.41, 5.74) is 8.71. The molecule has 6 aromatic rings. The van der Waals surface area contributed by atoms with E-state index in [2.05, 4.69) is 128 Å². The first-order valence-electron chi connectivity index (χ1n) is 18.5. The van der Waals surface area contributed by atoms with Crippen molar-refractivity contribution in [3.05, 3.63) is 129 Å². The molecule has 2 aliphatic rings. The minimum Gasteiger partial charge on any atom is -0.344 e. The van der Waals surface area contributed by atoms with Crippen molar-refractivity contribution in [3.63, 3.8) is 0 Å². The molecule has 0 unspecified atom stereocenters. The van der Waals surface area contributed by atoms with E-state index in [4.69, 9.17) is 33.2 Å². The molecule has 280 valence electrons. The van der Waals surface area contributed by atoms with Gasteiger partial charge in [0.15, 0.2) is 11.6 Å². The maximum atomic E-state index is 6.11. The van der Waals surface area contributed by atoms with Crippen LogP contribution < -0.4 is 9.80 Å². The number of hydrogen-bond donors (Lipinski definition) is 0. The fourth-order valence-corrected chi connectivity index (χ4v) is 8.40. The minimum absolute atomic E-state index is 0.612. The zero-order valence-corrected chi connectivity index (χ0v) is 34.2. The number of anilines is 2. The zero-order valence-electron chi connectivity index (χ0n) is 31.1. The van der Waals surface area contributed by atoms with Gasteiger partial charge in [-0.1, -0.05) is 113 Å². The lowest BCUT2D eigenvalue weighted by atomic mass is 10.1. The van der Waals surface area contributed by atoms with E-state index >= 15 is 0 Å². The van der Waals surface area contributed by atoms with Gasteiger partial charge in [0, 0.05) is 99.6 Å². The van der Waals surface area contributed by atoms with Gasteiger partial charge in [-0.15, -0.1) is 0 Å². The first-order chi connectivity index (χ1) is 26.3. The van der Waals surface area contributed by atoms with Crippen molar-refractivity contribution in [2.24, 2.45) is 0 Å². The van der Waals surface area contributed by atoms with Gasteiger partial charge >= 0.3 is 0 Å². The summed E-state index contributed by atoms with van der Waals surface area (Å²) in [5, 5.41) is 3.29. The Morgan fingerprint density at radius 2 is 1.09 bits per heavy atom. The average Bonchev–Trinajstić information content (AvgIpc) is 3.89. The highest BCUT2D eigenvalue weighted by Crippen LogP contribution is 2.27. The number of halogens is 2. The lowest BCUT2D eigenvalue weighted by Gasteiger charge is -2.34. The van der Waals surface area contributed by atoms with Gasteiger partial charge in [-0.25, -0.2) is 0 Å². The average molecular weight is 798 g/mol. The Labute approximate surface area is 337 Å². The fraction of sp³-hybridized carbons (Fsp3) is 0.333. The maximum Gasteiger partial charge on any atom is 0.205 e. The largest absolute Gasteiger partial charge is 0.344 e. The molecular formula is C42H46Cl2N8S2. The Kier molecular flexibility index (Phi) is 12.9. The molecule has 8 rings (SSSR count). The van der Waals surface area contributed by atoms with Gasteiger partial charge in [0.1, 0.15) is 0 Å². The summed E-state index contributed by atoms with van der Waals surface area (Å²) in [6, 6.07) is 31.4. The molecule has 0 N–H and O–H groups in total. The third kappa shape index (κ3) is 10.0. The molecule has 2 aliphatic heterocycles. The second-order valence-electron chi connectivity index (χ2n) is 14.0.